The van der Waals surface area contributed by atoms with E-state index in [4.69, 9.17) is 0 Å². The Hall–Kier alpha value is -3.64. The van der Waals surface area contributed by atoms with Crippen LogP contribution >= 0.6 is 11.9 Å². The van der Waals surface area contributed by atoms with Crippen LogP contribution in [0.4, 0.5) is 14.5 Å². The molecule has 37 heavy (non-hydrogen) atoms. The highest BCUT2D eigenvalue weighted by Crippen LogP contribution is 2.50. The molecule has 4 aromatic carbocycles. The van der Waals surface area contributed by atoms with Crippen LogP contribution < -0.4 is 4.31 Å². The van der Waals surface area contributed by atoms with Gasteiger partial charge >= 0.3 is 5.97 Å². The lowest BCUT2D eigenvalue weighted by atomic mass is 9.80. The van der Waals surface area contributed by atoms with E-state index in [0.717, 1.165) is 55.8 Å². The van der Waals surface area contributed by atoms with Crippen LogP contribution in [0.5, 0.6) is 0 Å². The summed E-state index contributed by atoms with van der Waals surface area (Å²) in [4.78, 5) is 11.9. The second kappa shape index (κ2) is 9.67. The predicted molar refractivity (Wildman–Crippen MR) is 148 cm³/mol. The molecule has 0 bridgehead atoms. The summed E-state index contributed by atoms with van der Waals surface area (Å²) in [6, 6.07) is 17.6. The number of rotatable bonds is 5. The first-order chi connectivity index (χ1) is 17.7. The minimum atomic E-state index is -0.876. The Bertz CT molecular complexity index is 1530. The zero-order chi connectivity index (χ0) is 26.4. The number of carboxylic acid groups (broad SMARTS) is 1. The molecule has 0 spiro atoms. The third kappa shape index (κ3) is 4.29. The van der Waals surface area contributed by atoms with E-state index in [0.29, 0.717) is 12.1 Å². The molecule has 0 unspecified atom stereocenters. The summed E-state index contributed by atoms with van der Waals surface area (Å²) in [6.45, 7) is 6.59. The normalized spacial score (nSPS) is 12.3. The quantitative estimate of drug-likeness (QED) is 0.273. The van der Waals surface area contributed by atoms with Crippen LogP contribution in [0.1, 0.15) is 27.8 Å². The van der Waals surface area contributed by atoms with E-state index in [1.54, 1.807) is 18.0 Å². The fourth-order valence-corrected chi connectivity index (χ4v) is 6.14. The van der Waals surface area contributed by atoms with Gasteiger partial charge in [0.05, 0.1) is 24.2 Å². The van der Waals surface area contributed by atoms with Crippen LogP contribution in [0.3, 0.4) is 0 Å². The molecule has 3 nitrogen and oxygen atoms in total. The molecule has 188 valence electrons. The molecule has 0 radical (unpaired) electrons. The minimum absolute atomic E-state index is 0.0307. The maximum atomic E-state index is 14.6. The van der Waals surface area contributed by atoms with Gasteiger partial charge in [0, 0.05) is 11.8 Å². The molecule has 1 aliphatic heterocycles. The number of aryl methyl sites for hydroxylation is 1. The van der Waals surface area contributed by atoms with Gasteiger partial charge in [0.15, 0.2) is 0 Å². The number of hydrogen-bond donors (Lipinski definition) is 1. The highest BCUT2D eigenvalue weighted by molar-refractivity contribution is 7.99. The fraction of sp³-hybridized carbons (Fsp3) is 0.194. The van der Waals surface area contributed by atoms with E-state index in [9.17, 15) is 18.7 Å². The van der Waals surface area contributed by atoms with Gasteiger partial charge in [0.25, 0.3) is 0 Å². The molecule has 1 aliphatic rings. The summed E-state index contributed by atoms with van der Waals surface area (Å²) in [5.74, 6) is -2.06. The lowest BCUT2D eigenvalue weighted by Gasteiger charge is -2.36. The van der Waals surface area contributed by atoms with Gasteiger partial charge in [-0.25, -0.2) is 8.78 Å². The van der Waals surface area contributed by atoms with E-state index < -0.39 is 17.6 Å². The van der Waals surface area contributed by atoms with Crippen molar-refractivity contribution in [2.45, 2.75) is 33.7 Å². The highest BCUT2D eigenvalue weighted by atomic mass is 32.2. The van der Waals surface area contributed by atoms with Crippen molar-refractivity contribution in [2.75, 3.05) is 10.6 Å². The molecule has 4 aromatic rings. The van der Waals surface area contributed by atoms with Crippen LogP contribution in [-0.2, 0) is 17.8 Å². The zero-order valence-corrected chi connectivity index (χ0v) is 22.0. The molecular weight excluding hydrogens is 488 g/mol. The van der Waals surface area contributed by atoms with Crippen molar-refractivity contribution in [3.63, 3.8) is 0 Å². The second-order valence-corrected chi connectivity index (χ2v) is 10.3. The van der Waals surface area contributed by atoms with E-state index in [1.807, 2.05) is 63.4 Å². The van der Waals surface area contributed by atoms with Gasteiger partial charge in [-0.15, -0.1) is 0 Å². The average Bonchev–Trinajstić information content (AvgIpc) is 2.86. The standard InChI is InChI=1S/C31H27F2NO2S/c1-17-8-10-20(11-9-17)28-19(3)29-23-13-12-21(30-25(32)6-5-7-26(30)33)14-22(23)16-34(37-4)31(29)18(2)24(28)15-27(35)36/h5-14H,15-16H2,1-4H3,(H,35,36). The number of fused-ring (bicyclic) bond motifs is 3. The number of benzene rings is 4. The summed E-state index contributed by atoms with van der Waals surface area (Å²) in [6.07, 6.45) is 1.90. The van der Waals surface area contributed by atoms with Crippen LogP contribution in [0.25, 0.3) is 33.4 Å². The number of nitrogens with zero attached hydrogens (tertiary/aromatic N) is 1. The first kappa shape index (κ1) is 25.0. The third-order valence-electron chi connectivity index (χ3n) is 7.17. The van der Waals surface area contributed by atoms with Crippen molar-refractivity contribution in [2.24, 2.45) is 0 Å². The Balaban J connectivity index is 1.80. The molecule has 0 aliphatic carbocycles. The maximum absolute atomic E-state index is 14.6. The summed E-state index contributed by atoms with van der Waals surface area (Å²) >= 11 is 1.55. The summed E-state index contributed by atoms with van der Waals surface area (Å²) in [7, 11) is 0. The molecular formula is C31H27F2NO2S. The predicted octanol–water partition coefficient (Wildman–Crippen LogP) is 8.12. The Kier molecular flexibility index (Phi) is 6.54. The number of hydrogen-bond acceptors (Lipinski definition) is 3. The van der Waals surface area contributed by atoms with Gasteiger partial charge in [-0.3, -0.25) is 4.79 Å². The topological polar surface area (TPSA) is 40.5 Å². The summed E-state index contributed by atoms with van der Waals surface area (Å²) in [5, 5.41) is 9.79. The van der Waals surface area contributed by atoms with Crippen molar-refractivity contribution < 1.29 is 18.7 Å². The largest absolute Gasteiger partial charge is 0.481 e. The van der Waals surface area contributed by atoms with Crippen molar-refractivity contribution >= 4 is 23.6 Å². The van der Waals surface area contributed by atoms with Crippen molar-refractivity contribution in [3.8, 4) is 33.4 Å². The lowest BCUT2D eigenvalue weighted by Crippen LogP contribution is -2.22. The molecule has 0 fully saturated rings. The molecule has 0 saturated heterocycles. The van der Waals surface area contributed by atoms with E-state index in [-0.39, 0.29) is 12.0 Å². The molecule has 0 aromatic heterocycles. The number of halogens is 2. The molecule has 1 N–H and O–H groups in total. The molecule has 0 atom stereocenters. The minimum Gasteiger partial charge on any atom is -0.481 e. The van der Waals surface area contributed by atoms with E-state index in [2.05, 4.69) is 4.31 Å². The zero-order valence-electron chi connectivity index (χ0n) is 21.2. The fourth-order valence-electron chi connectivity index (χ4n) is 5.46. The van der Waals surface area contributed by atoms with Gasteiger partial charge in [-0.05, 0) is 83.5 Å². The van der Waals surface area contributed by atoms with Gasteiger partial charge in [0.1, 0.15) is 11.6 Å². The lowest BCUT2D eigenvalue weighted by molar-refractivity contribution is -0.136. The second-order valence-electron chi connectivity index (χ2n) is 9.45. The third-order valence-corrected chi connectivity index (χ3v) is 7.93. The van der Waals surface area contributed by atoms with Crippen molar-refractivity contribution in [1.29, 1.82) is 0 Å². The van der Waals surface area contributed by atoms with Crippen LogP contribution in [0.15, 0.2) is 60.7 Å². The summed E-state index contributed by atoms with van der Waals surface area (Å²) in [5.41, 5.74) is 10.2. The van der Waals surface area contributed by atoms with Crippen LogP contribution in [0.2, 0.25) is 0 Å². The van der Waals surface area contributed by atoms with Gasteiger partial charge < -0.3 is 9.41 Å². The SMILES string of the molecule is CSN1Cc2cc(-c3c(F)cccc3F)ccc2-c2c(C)c(-c3ccc(C)cc3)c(CC(=O)O)c(C)c21. The Morgan fingerprint density at radius 2 is 1.54 bits per heavy atom. The first-order valence-corrected chi connectivity index (χ1v) is 13.2. The van der Waals surface area contributed by atoms with Gasteiger partial charge in [0.2, 0.25) is 0 Å². The number of carbonyl (C=O) groups is 1. The molecule has 0 amide bonds. The average molecular weight is 516 g/mol. The number of carboxylic acids is 1. The maximum Gasteiger partial charge on any atom is 0.307 e. The van der Waals surface area contributed by atoms with E-state index >= 15 is 0 Å². The molecule has 5 rings (SSSR count). The van der Waals surface area contributed by atoms with E-state index in [1.165, 1.54) is 18.2 Å². The molecule has 1 heterocycles. The summed E-state index contributed by atoms with van der Waals surface area (Å²) < 4.78 is 31.3. The Morgan fingerprint density at radius 3 is 2.16 bits per heavy atom. The van der Waals surface area contributed by atoms with Crippen molar-refractivity contribution in [3.05, 3.63) is 100 Å². The molecule has 6 heteroatoms. The smallest absolute Gasteiger partial charge is 0.307 e. The Labute approximate surface area is 219 Å². The van der Waals surface area contributed by atoms with Gasteiger partial charge in [-0.1, -0.05) is 60.0 Å². The van der Waals surface area contributed by atoms with Crippen molar-refractivity contribution in [1.82, 2.24) is 0 Å². The monoisotopic (exact) mass is 515 g/mol. The first-order valence-electron chi connectivity index (χ1n) is 12.1. The highest BCUT2D eigenvalue weighted by Gasteiger charge is 2.30. The van der Waals surface area contributed by atoms with Crippen LogP contribution in [-0.4, -0.2) is 17.3 Å². The number of anilines is 1. The Morgan fingerprint density at radius 1 is 0.892 bits per heavy atom. The molecule has 0 saturated carbocycles. The van der Waals surface area contributed by atoms with Crippen LogP contribution in [0, 0.1) is 32.4 Å². The van der Waals surface area contributed by atoms with Gasteiger partial charge in [-0.2, -0.15) is 0 Å². The number of aliphatic carboxylic acids is 1.